The van der Waals surface area contributed by atoms with Crippen LogP contribution in [-0.4, -0.2) is 57.0 Å². The summed E-state index contributed by atoms with van der Waals surface area (Å²) in [4.78, 5) is 16.8. The molecule has 28 heavy (non-hydrogen) atoms. The van der Waals surface area contributed by atoms with Gasteiger partial charge in [-0.3, -0.25) is 4.79 Å². The molecule has 0 saturated carbocycles. The highest BCUT2D eigenvalue weighted by Gasteiger charge is 2.24. The summed E-state index contributed by atoms with van der Waals surface area (Å²) in [5, 5.41) is 0. The van der Waals surface area contributed by atoms with Crippen LogP contribution in [0, 0.1) is 5.82 Å². The maximum absolute atomic E-state index is 13.5. The fourth-order valence-corrected chi connectivity index (χ4v) is 4.11. The summed E-state index contributed by atoms with van der Waals surface area (Å²) < 4.78 is 24.0. The molecule has 1 amide bonds. The third-order valence-electron chi connectivity index (χ3n) is 4.93. The second kappa shape index (κ2) is 9.80. The van der Waals surface area contributed by atoms with Gasteiger partial charge in [-0.05, 0) is 42.5 Å². The highest BCUT2D eigenvalue weighted by atomic mass is 32.2. The van der Waals surface area contributed by atoms with Gasteiger partial charge >= 0.3 is 0 Å². The molecule has 1 N–H and O–H groups in total. The zero-order valence-electron chi connectivity index (χ0n) is 16.2. The second-order valence-corrected chi connectivity index (χ2v) is 7.78. The van der Waals surface area contributed by atoms with Crippen LogP contribution in [0.4, 0.5) is 4.39 Å². The van der Waals surface area contributed by atoms with Gasteiger partial charge in [-0.2, -0.15) is 0 Å². The lowest BCUT2D eigenvalue weighted by atomic mass is 10.1. The molecule has 7 heteroatoms. The van der Waals surface area contributed by atoms with E-state index < -0.39 is 0 Å². The molecule has 0 atom stereocenters. The summed E-state index contributed by atoms with van der Waals surface area (Å²) in [6.45, 7) is 3.82. The average molecular weight is 406 g/mol. The van der Waals surface area contributed by atoms with E-state index in [0.29, 0.717) is 18.0 Å². The Kier molecular flexibility index (Phi) is 7.17. The molecular weight excluding hydrogens is 379 g/mol. The first-order valence-corrected chi connectivity index (χ1v) is 10.3. The first-order valence-electron chi connectivity index (χ1n) is 9.29. The molecule has 0 unspecified atom stereocenters. The van der Waals surface area contributed by atoms with E-state index in [1.54, 1.807) is 20.3 Å². The number of nitrogens with zero attached hydrogens (tertiary/aromatic N) is 1. The van der Waals surface area contributed by atoms with Crippen LogP contribution in [0.3, 0.4) is 0 Å². The van der Waals surface area contributed by atoms with Crippen molar-refractivity contribution in [2.45, 2.75) is 11.4 Å². The van der Waals surface area contributed by atoms with Gasteiger partial charge in [-0.15, -0.1) is 11.8 Å². The van der Waals surface area contributed by atoms with E-state index in [2.05, 4.69) is 0 Å². The number of hydrogen-bond donors (Lipinski definition) is 1. The summed E-state index contributed by atoms with van der Waals surface area (Å²) >= 11 is 1.54. The van der Waals surface area contributed by atoms with Gasteiger partial charge in [0.2, 0.25) is 5.91 Å². The Labute approximate surface area is 169 Å². The number of benzene rings is 2. The molecule has 0 radical (unpaired) electrons. The van der Waals surface area contributed by atoms with Crippen molar-refractivity contribution in [3.05, 3.63) is 53.8 Å². The zero-order chi connectivity index (χ0) is 19.9. The van der Waals surface area contributed by atoms with E-state index in [4.69, 9.17) is 9.47 Å². The highest BCUT2D eigenvalue weighted by molar-refractivity contribution is 8.00. The number of amides is 1. The van der Waals surface area contributed by atoms with Gasteiger partial charge in [-0.25, -0.2) is 4.39 Å². The number of carbonyl (C=O) groups excluding carboxylic acids is 1. The number of nitrogens with one attached hydrogen (secondary N) is 1. The maximum Gasteiger partial charge on any atom is 0.233 e. The first kappa shape index (κ1) is 20.5. The van der Waals surface area contributed by atoms with Gasteiger partial charge in [0.1, 0.15) is 23.9 Å². The van der Waals surface area contributed by atoms with Crippen molar-refractivity contribution >= 4 is 17.7 Å². The lowest BCUT2D eigenvalue weighted by Gasteiger charge is -2.32. The number of piperazine rings is 1. The predicted octanol–water partition coefficient (Wildman–Crippen LogP) is 1.86. The number of rotatable bonds is 7. The van der Waals surface area contributed by atoms with E-state index in [1.165, 1.54) is 28.8 Å². The number of thioether (sulfide) groups is 1. The first-order chi connectivity index (χ1) is 13.6. The molecule has 1 heterocycles. The Morgan fingerprint density at radius 3 is 2.46 bits per heavy atom. The average Bonchev–Trinajstić information content (AvgIpc) is 2.73. The Balaban J connectivity index is 1.46. The van der Waals surface area contributed by atoms with Crippen LogP contribution in [0.15, 0.2) is 47.4 Å². The quantitative estimate of drug-likeness (QED) is 0.715. The minimum absolute atomic E-state index is 0.156. The summed E-state index contributed by atoms with van der Waals surface area (Å²) in [6, 6.07) is 12.3. The Morgan fingerprint density at radius 1 is 1.11 bits per heavy atom. The summed E-state index contributed by atoms with van der Waals surface area (Å²) in [5.74, 6) is 1.86. The van der Waals surface area contributed by atoms with Gasteiger partial charge in [0.05, 0.1) is 51.7 Å². The summed E-state index contributed by atoms with van der Waals surface area (Å²) in [6.07, 6.45) is 0. The lowest BCUT2D eigenvalue weighted by molar-refractivity contribution is -0.917. The molecule has 0 aromatic heterocycles. The van der Waals surface area contributed by atoms with Crippen LogP contribution in [-0.2, 0) is 11.3 Å². The number of hydrogen-bond acceptors (Lipinski definition) is 4. The molecule has 3 rings (SSSR count). The largest absolute Gasteiger partial charge is 0.497 e. The van der Waals surface area contributed by atoms with Gasteiger partial charge in [0, 0.05) is 4.90 Å². The van der Waals surface area contributed by atoms with Crippen LogP contribution in [0.25, 0.3) is 0 Å². The van der Waals surface area contributed by atoms with Crippen molar-refractivity contribution in [2.75, 3.05) is 46.2 Å². The smallest absolute Gasteiger partial charge is 0.233 e. The van der Waals surface area contributed by atoms with Crippen LogP contribution >= 0.6 is 11.8 Å². The summed E-state index contributed by atoms with van der Waals surface area (Å²) in [7, 11) is 3.24. The van der Waals surface area contributed by atoms with Crippen molar-refractivity contribution in [1.82, 2.24) is 4.90 Å². The molecule has 0 bridgehead atoms. The van der Waals surface area contributed by atoms with Crippen LogP contribution < -0.4 is 14.4 Å². The Morgan fingerprint density at radius 2 is 1.82 bits per heavy atom. The van der Waals surface area contributed by atoms with E-state index in [-0.39, 0.29) is 11.7 Å². The van der Waals surface area contributed by atoms with E-state index in [0.717, 1.165) is 42.4 Å². The minimum atomic E-state index is -0.250. The third kappa shape index (κ3) is 5.39. The highest BCUT2D eigenvalue weighted by Crippen LogP contribution is 2.22. The molecule has 1 aliphatic rings. The standard InChI is InChI=1S/C21H25FN2O3S/c1-26-18-4-6-19(7-5-18)28-15-21(25)24-11-9-23(10-12-24)14-16-13-17(22)3-8-20(16)27-2/h3-8,13H,9-12,14-15H2,1-2H3/p+1. The van der Waals surface area contributed by atoms with Crippen LogP contribution in [0.1, 0.15) is 5.56 Å². The Hall–Kier alpha value is -2.25. The fraction of sp³-hybridized carbons (Fsp3) is 0.381. The van der Waals surface area contributed by atoms with Crippen LogP contribution in [0.2, 0.25) is 0 Å². The van der Waals surface area contributed by atoms with Gasteiger partial charge in [0.25, 0.3) is 0 Å². The molecule has 0 aliphatic carbocycles. The molecule has 0 spiro atoms. The molecule has 1 fully saturated rings. The molecule has 1 aliphatic heterocycles. The van der Waals surface area contributed by atoms with Crippen molar-refractivity contribution in [3.63, 3.8) is 0 Å². The van der Waals surface area contributed by atoms with Gasteiger partial charge in [0.15, 0.2) is 0 Å². The number of ether oxygens (including phenoxy) is 2. The molecule has 1 saturated heterocycles. The molecule has 150 valence electrons. The number of quaternary nitrogens is 1. The number of halogens is 1. The minimum Gasteiger partial charge on any atom is -0.497 e. The van der Waals surface area contributed by atoms with E-state index >= 15 is 0 Å². The van der Waals surface area contributed by atoms with E-state index in [1.807, 2.05) is 29.2 Å². The fourth-order valence-electron chi connectivity index (χ4n) is 3.31. The molecule has 2 aromatic rings. The SMILES string of the molecule is COc1ccc(SCC(=O)N2CC[NH+](Cc3cc(F)ccc3OC)CC2)cc1. The summed E-state index contributed by atoms with van der Waals surface area (Å²) in [5.41, 5.74) is 0.868. The Bertz CT molecular complexity index is 793. The third-order valence-corrected chi connectivity index (χ3v) is 5.92. The molecule has 5 nitrogen and oxygen atoms in total. The number of carbonyl (C=O) groups is 1. The maximum atomic E-state index is 13.5. The van der Waals surface area contributed by atoms with Crippen molar-refractivity contribution in [3.8, 4) is 11.5 Å². The monoisotopic (exact) mass is 405 g/mol. The lowest BCUT2D eigenvalue weighted by Crippen LogP contribution is -3.13. The van der Waals surface area contributed by atoms with Crippen molar-refractivity contribution in [2.24, 2.45) is 0 Å². The molecule has 2 aromatic carbocycles. The zero-order valence-corrected chi connectivity index (χ0v) is 17.1. The van der Waals surface area contributed by atoms with Gasteiger partial charge < -0.3 is 19.3 Å². The van der Waals surface area contributed by atoms with Crippen molar-refractivity contribution < 1.29 is 23.6 Å². The van der Waals surface area contributed by atoms with Gasteiger partial charge in [-0.1, -0.05) is 0 Å². The van der Waals surface area contributed by atoms with Crippen LogP contribution in [0.5, 0.6) is 11.5 Å². The van der Waals surface area contributed by atoms with Crippen molar-refractivity contribution in [1.29, 1.82) is 0 Å². The molecular formula is C21H26FN2O3S+. The van der Waals surface area contributed by atoms with E-state index in [9.17, 15) is 9.18 Å². The topological polar surface area (TPSA) is 43.2 Å². The predicted molar refractivity (Wildman–Crippen MR) is 108 cm³/mol. The number of methoxy groups -OCH3 is 2. The normalized spacial score (nSPS) is 14.8. The second-order valence-electron chi connectivity index (χ2n) is 6.73.